The summed E-state index contributed by atoms with van der Waals surface area (Å²) in [5.74, 6) is 0.995. The fraction of sp³-hybridized carbons (Fsp3) is 0.889. The van der Waals surface area contributed by atoms with Crippen LogP contribution < -0.4 is 10.6 Å². The van der Waals surface area contributed by atoms with E-state index < -0.39 is 0 Å². The molecule has 2 saturated carbocycles. The molecule has 2 aliphatic carbocycles. The van der Waals surface area contributed by atoms with Crippen molar-refractivity contribution in [2.45, 2.75) is 70.3 Å². The van der Waals surface area contributed by atoms with Gasteiger partial charge in [0.05, 0.1) is 6.54 Å². The third kappa shape index (κ3) is 4.61. The van der Waals surface area contributed by atoms with Crippen LogP contribution >= 0.6 is 0 Å². The van der Waals surface area contributed by atoms with Gasteiger partial charge in [-0.15, -0.1) is 0 Å². The van der Waals surface area contributed by atoms with Gasteiger partial charge in [0.1, 0.15) is 0 Å². The van der Waals surface area contributed by atoms with Crippen molar-refractivity contribution in [3.05, 3.63) is 0 Å². The van der Waals surface area contributed by atoms with Crippen LogP contribution in [-0.4, -0.2) is 49.5 Å². The summed E-state index contributed by atoms with van der Waals surface area (Å²) in [4.78, 5) is 18.7. The van der Waals surface area contributed by atoms with E-state index >= 15 is 0 Å². The fourth-order valence-electron chi connectivity index (χ4n) is 4.27. The van der Waals surface area contributed by atoms with E-state index in [0.717, 1.165) is 31.9 Å². The molecule has 0 bridgehead atoms. The average Bonchev–Trinajstić information content (AvgIpc) is 3.37. The molecule has 0 atom stereocenters. The summed E-state index contributed by atoms with van der Waals surface area (Å²) >= 11 is 0. The summed E-state index contributed by atoms with van der Waals surface area (Å²) in [7, 11) is 1.83. The number of guanidine groups is 1. The van der Waals surface area contributed by atoms with Crippen molar-refractivity contribution < 1.29 is 4.79 Å². The summed E-state index contributed by atoms with van der Waals surface area (Å²) in [6, 6.07) is 0.426. The minimum atomic E-state index is 0.0924. The number of carbonyl (C=O) groups excluding carboxylic acids is 1. The molecule has 0 aromatic rings. The highest BCUT2D eigenvalue weighted by Gasteiger charge is 2.36. The van der Waals surface area contributed by atoms with E-state index in [1.807, 2.05) is 7.05 Å². The number of nitrogens with zero attached hydrogens (tertiary/aromatic N) is 2. The standard InChI is InChI=1S/C18H32N4O/c1-19-17(20-13-16(23)21-15-7-8-15)22-12-6-11-18(14-22)9-4-2-3-5-10-18/h15H,2-14H2,1H3,(H,19,20)(H,21,23). The van der Waals surface area contributed by atoms with E-state index in [9.17, 15) is 4.79 Å². The van der Waals surface area contributed by atoms with Crippen LogP contribution in [0.25, 0.3) is 0 Å². The normalized spacial score (nSPS) is 25.1. The van der Waals surface area contributed by atoms with Gasteiger partial charge in [-0.3, -0.25) is 9.79 Å². The lowest BCUT2D eigenvalue weighted by molar-refractivity contribution is -0.120. The van der Waals surface area contributed by atoms with Crippen molar-refractivity contribution in [3.8, 4) is 0 Å². The zero-order valence-electron chi connectivity index (χ0n) is 14.6. The van der Waals surface area contributed by atoms with Crippen LogP contribution in [0.4, 0.5) is 0 Å². The van der Waals surface area contributed by atoms with Crippen LogP contribution in [0.1, 0.15) is 64.2 Å². The van der Waals surface area contributed by atoms with E-state index in [2.05, 4.69) is 20.5 Å². The van der Waals surface area contributed by atoms with E-state index in [4.69, 9.17) is 0 Å². The average molecular weight is 320 g/mol. The second kappa shape index (κ2) is 7.54. The Morgan fingerprint density at radius 1 is 1.13 bits per heavy atom. The molecule has 0 aromatic carbocycles. The molecule has 2 N–H and O–H groups in total. The van der Waals surface area contributed by atoms with E-state index in [-0.39, 0.29) is 5.91 Å². The molecular formula is C18H32N4O. The Labute approximate surface area is 140 Å². The topological polar surface area (TPSA) is 56.7 Å². The van der Waals surface area contributed by atoms with Crippen molar-refractivity contribution in [2.24, 2.45) is 10.4 Å². The number of hydrogen-bond donors (Lipinski definition) is 2. The first-order valence-electron chi connectivity index (χ1n) is 9.46. The Balaban J connectivity index is 1.53. The summed E-state index contributed by atoms with van der Waals surface area (Å²) in [6.07, 6.45) is 13.2. The molecule has 1 heterocycles. The van der Waals surface area contributed by atoms with Gasteiger partial charge in [0.2, 0.25) is 5.91 Å². The SMILES string of the molecule is CN=C(NCC(=O)NC1CC1)N1CCCC2(CCCCCC2)C1. The maximum atomic E-state index is 11.9. The highest BCUT2D eigenvalue weighted by Crippen LogP contribution is 2.42. The third-order valence-corrected chi connectivity index (χ3v) is 5.69. The lowest BCUT2D eigenvalue weighted by Gasteiger charge is -2.44. The number of hydrogen-bond acceptors (Lipinski definition) is 2. The van der Waals surface area contributed by atoms with Crippen molar-refractivity contribution in [1.82, 2.24) is 15.5 Å². The first kappa shape index (κ1) is 16.6. The van der Waals surface area contributed by atoms with E-state index in [0.29, 0.717) is 18.0 Å². The monoisotopic (exact) mass is 320 g/mol. The molecule has 1 saturated heterocycles. The largest absolute Gasteiger partial charge is 0.352 e. The second-order valence-corrected chi connectivity index (χ2v) is 7.68. The molecule has 0 aromatic heterocycles. The highest BCUT2D eigenvalue weighted by molar-refractivity contribution is 5.86. The van der Waals surface area contributed by atoms with Crippen LogP contribution in [0.2, 0.25) is 0 Å². The quantitative estimate of drug-likeness (QED) is 0.619. The number of likely N-dealkylation sites (tertiary alicyclic amines) is 1. The van der Waals surface area contributed by atoms with Crippen molar-refractivity contribution in [2.75, 3.05) is 26.7 Å². The Hall–Kier alpha value is -1.26. The van der Waals surface area contributed by atoms with Gasteiger partial charge in [-0.05, 0) is 43.9 Å². The van der Waals surface area contributed by atoms with Gasteiger partial charge in [0, 0.05) is 26.2 Å². The molecule has 23 heavy (non-hydrogen) atoms. The Kier molecular flexibility index (Phi) is 5.44. The number of piperidine rings is 1. The molecule has 3 aliphatic rings. The van der Waals surface area contributed by atoms with Gasteiger partial charge in [0.25, 0.3) is 0 Å². The smallest absolute Gasteiger partial charge is 0.239 e. The van der Waals surface area contributed by atoms with Crippen molar-refractivity contribution in [1.29, 1.82) is 0 Å². The number of rotatable bonds is 3. The molecule has 5 nitrogen and oxygen atoms in total. The molecule has 130 valence electrons. The summed E-state index contributed by atoms with van der Waals surface area (Å²) < 4.78 is 0. The first-order valence-corrected chi connectivity index (χ1v) is 9.46. The molecule has 1 amide bonds. The zero-order valence-corrected chi connectivity index (χ0v) is 14.6. The highest BCUT2D eigenvalue weighted by atomic mass is 16.2. The van der Waals surface area contributed by atoms with Gasteiger partial charge in [-0.2, -0.15) is 0 Å². The molecule has 5 heteroatoms. The summed E-state index contributed by atoms with van der Waals surface area (Å²) in [5, 5.41) is 6.30. The van der Waals surface area contributed by atoms with Gasteiger partial charge < -0.3 is 15.5 Å². The molecule has 0 radical (unpaired) electrons. The second-order valence-electron chi connectivity index (χ2n) is 7.68. The Bertz CT molecular complexity index is 436. The van der Waals surface area contributed by atoms with Crippen LogP contribution in [0.15, 0.2) is 4.99 Å². The predicted octanol–water partition coefficient (Wildman–Crippen LogP) is 2.28. The minimum absolute atomic E-state index is 0.0924. The van der Waals surface area contributed by atoms with Gasteiger partial charge in [-0.25, -0.2) is 0 Å². The molecule has 3 fully saturated rings. The first-order chi connectivity index (χ1) is 11.2. The van der Waals surface area contributed by atoms with Crippen molar-refractivity contribution in [3.63, 3.8) is 0 Å². The molecule has 3 rings (SSSR count). The lowest BCUT2D eigenvalue weighted by Crippen LogP contribution is -2.52. The van der Waals surface area contributed by atoms with Gasteiger partial charge >= 0.3 is 0 Å². The zero-order chi connectivity index (χ0) is 16.1. The van der Waals surface area contributed by atoms with Crippen LogP contribution in [0.3, 0.4) is 0 Å². The summed E-state index contributed by atoms with van der Waals surface area (Å²) in [5.41, 5.74) is 0.489. The van der Waals surface area contributed by atoms with Crippen LogP contribution in [0, 0.1) is 5.41 Å². The number of aliphatic imine (C=N–C) groups is 1. The fourth-order valence-corrected chi connectivity index (χ4v) is 4.27. The third-order valence-electron chi connectivity index (χ3n) is 5.69. The summed E-state index contributed by atoms with van der Waals surface area (Å²) in [6.45, 7) is 2.51. The Morgan fingerprint density at radius 3 is 2.48 bits per heavy atom. The van der Waals surface area contributed by atoms with Crippen molar-refractivity contribution >= 4 is 11.9 Å². The minimum Gasteiger partial charge on any atom is -0.352 e. The number of nitrogens with one attached hydrogen (secondary N) is 2. The lowest BCUT2D eigenvalue weighted by atomic mass is 9.74. The number of amides is 1. The Morgan fingerprint density at radius 2 is 1.83 bits per heavy atom. The van der Waals surface area contributed by atoms with Crippen LogP contribution in [-0.2, 0) is 4.79 Å². The molecular weight excluding hydrogens is 288 g/mol. The molecule has 1 aliphatic heterocycles. The molecule has 0 unspecified atom stereocenters. The van der Waals surface area contributed by atoms with Gasteiger partial charge in [0.15, 0.2) is 5.96 Å². The number of carbonyl (C=O) groups is 1. The maximum absolute atomic E-state index is 11.9. The molecule has 1 spiro atoms. The van der Waals surface area contributed by atoms with Gasteiger partial charge in [-0.1, -0.05) is 25.7 Å². The maximum Gasteiger partial charge on any atom is 0.239 e. The van der Waals surface area contributed by atoms with Crippen LogP contribution in [0.5, 0.6) is 0 Å². The van der Waals surface area contributed by atoms with E-state index in [1.165, 1.54) is 51.4 Å². The van der Waals surface area contributed by atoms with E-state index in [1.54, 1.807) is 0 Å². The predicted molar refractivity (Wildman–Crippen MR) is 93.5 cm³/mol.